The fourth-order valence-electron chi connectivity index (χ4n) is 3.57. The van der Waals surface area contributed by atoms with Gasteiger partial charge in [-0.1, -0.05) is 43.6 Å². The highest BCUT2D eigenvalue weighted by molar-refractivity contribution is 7.89. The molecule has 1 aliphatic heterocycles. The number of ether oxygens (including phenoxy) is 1. The number of hydrogen-bond donors (Lipinski definition) is 1. The van der Waals surface area contributed by atoms with Crippen LogP contribution in [0.3, 0.4) is 0 Å². The minimum atomic E-state index is -3.76. The summed E-state index contributed by atoms with van der Waals surface area (Å²) in [5, 5.41) is 3.28. The number of rotatable bonds is 8. The number of carbonyl (C=O) groups is 1. The highest BCUT2D eigenvalue weighted by Crippen LogP contribution is 2.27. The van der Waals surface area contributed by atoms with Crippen LogP contribution in [0.1, 0.15) is 38.2 Å². The van der Waals surface area contributed by atoms with Crippen molar-refractivity contribution in [1.82, 2.24) is 9.62 Å². The lowest BCUT2D eigenvalue weighted by Gasteiger charge is -2.23. The van der Waals surface area contributed by atoms with Gasteiger partial charge in [0, 0.05) is 11.6 Å². The van der Waals surface area contributed by atoms with Gasteiger partial charge in [0.05, 0.1) is 11.4 Å². The van der Waals surface area contributed by atoms with Crippen LogP contribution in [0, 0.1) is 0 Å². The first-order valence-electron chi connectivity index (χ1n) is 10.1. The Morgan fingerprint density at radius 3 is 2.60 bits per heavy atom. The van der Waals surface area contributed by atoms with E-state index in [-0.39, 0.29) is 10.8 Å². The van der Waals surface area contributed by atoms with Crippen LogP contribution in [0.15, 0.2) is 53.4 Å². The second-order valence-corrected chi connectivity index (χ2v) is 9.89. The minimum absolute atomic E-state index is 0.139. The summed E-state index contributed by atoms with van der Waals surface area (Å²) in [6, 6.07) is 13.1. The van der Waals surface area contributed by atoms with Gasteiger partial charge < -0.3 is 10.1 Å². The number of amides is 1. The highest BCUT2D eigenvalue weighted by atomic mass is 35.5. The molecule has 1 saturated heterocycles. The summed E-state index contributed by atoms with van der Waals surface area (Å²) >= 11 is 5.86. The van der Waals surface area contributed by atoms with Crippen LogP contribution in [0.5, 0.6) is 5.75 Å². The zero-order valence-corrected chi connectivity index (χ0v) is 18.7. The Kier molecular flexibility index (Phi) is 7.39. The van der Waals surface area contributed by atoms with Gasteiger partial charge in [-0.2, -0.15) is 4.31 Å². The Morgan fingerprint density at radius 2 is 1.90 bits per heavy atom. The first-order chi connectivity index (χ1) is 14.3. The number of benzene rings is 2. The lowest BCUT2D eigenvalue weighted by Crippen LogP contribution is -2.46. The van der Waals surface area contributed by atoms with Crippen molar-refractivity contribution in [3.8, 4) is 5.75 Å². The highest BCUT2D eigenvalue weighted by Gasteiger charge is 2.39. The zero-order chi connectivity index (χ0) is 21.7. The van der Waals surface area contributed by atoms with E-state index in [1.165, 1.54) is 28.6 Å². The molecule has 1 heterocycles. The Labute approximate surface area is 183 Å². The van der Waals surface area contributed by atoms with Gasteiger partial charge in [0.25, 0.3) is 0 Å². The molecule has 6 nitrogen and oxygen atoms in total. The second kappa shape index (κ2) is 9.81. The molecule has 0 aromatic heterocycles. The maximum atomic E-state index is 13.0. The minimum Gasteiger partial charge on any atom is -0.491 e. The SMILES string of the molecule is CC(C)c1ccccc1OCCNC(=O)[C@@H]1CCCN1S(=O)(=O)c1ccc(Cl)cc1. The van der Waals surface area contributed by atoms with Crippen molar-refractivity contribution in [2.75, 3.05) is 19.7 Å². The Balaban J connectivity index is 1.58. The summed E-state index contributed by atoms with van der Waals surface area (Å²) in [4.78, 5) is 12.8. The smallest absolute Gasteiger partial charge is 0.243 e. The number of nitrogens with zero attached hydrogens (tertiary/aromatic N) is 1. The molecule has 1 fully saturated rings. The zero-order valence-electron chi connectivity index (χ0n) is 17.2. The predicted octanol–water partition coefficient (Wildman–Crippen LogP) is 3.81. The van der Waals surface area contributed by atoms with Gasteiger partial charge in [0.1, 0.15) is 18.4 Å². The Morgan fingerprint density at radius 1 is 1.20 bits per heavy atom. The van der Waals surface area contributed by atoms with Crippen LogP contribution >= 0.6 is 11.6 Å². The summed E-state index contributed by atoms with van der Waals surface area (Å²) in [6.07, 6.45) is 1.14. The number of carbonyl (C=O) groups excluding carboxylic acids is 1. The fraction of sp³-hybridized carbons (Fsp3) is 0.409. The Bertz CT molecular complexity index is 977. The average molecular weight is 451 g/mol. The molecule has 1 aliphatic rings. The van der Waals surface area contributed by atoms with E-state index in [2.05, 4.69) is 19.2 Å². The van der Waals surface area contributed by atoms with Gasteiger partial charge in [-0.25, -0.2) is 8.42 Å². The van der Waals surface area contributed by atoms with Crippen LogP contribution < -0.4 is 10.1 Å². The summed E-state index contributed by atoms with van der Waals surface area (Å²) in [6.45, 7) is 5.13. The third-order valence-electron chi connectivity index (χ3n) is 5.13. The van der Waals surface area contributed by atoms with Crippen LogP contribution in [-0.4, -0.2) is 44.4 Å². The molecule has 0 radical (unpaired) electrons. The van der Waals surface area contributed by atoms with Gasteiger partial charge in [0.2, 0.25) is 15.9 Å². The molecule has 0 bridgehead atoms. The van der Waals surface area contributed by atoms with Gasteiger partial charge in [-0.3, -0.25) is 4.79 Å². The van der Waals surface area contributed by atoms with Crippen molar-refractivity contribution >= 4 is 27.5 Å². The predicted molar refractivity (Wildman–Crippen MR) is 117 cm³/mol. The van der Waals surface area contributed by atoms with Crippen molar-refractivity contribution in [3.63, 3.8) is 0 Å². The topological polar surface area (TPSA) is 75.7 Å². The summed E-state index contributed by atoms with van der Waals surface area (Å²) in [5.41, 5.74) is 1.11. The maximum absolute atomic E-state index is 13.0. The maximum Gasteiger partial charge on any atom is 0.243 e. The van der Waals surface area contributed by atoms with Gasteiger partial charge in [-0.05, 0) is 54.7 Å². The van der Waals surface area contributed by atoms with Gasteiger partial charge >= 0.3 is 0 Å². The number of hydrogen-bond acceptors (Lipinski definition) is 4. The van der Waals surface area contributed by atoms with E-state index in [9.17, 15) is 13.2 Å². The van der Waals surface area contributed by atoms with E-state index >= 15 is 0 Å². The number of nitrogens with one attached hydrogen (secondary N) is 1. The first kappa shape index (κ1) is 22.6. The molecule has 2 aromatic carbocycles. The molecule has 1 N–H and O–H groups in total. The van der Waals surface area contributed by atoms with E-state index in [1.807, 2.05) is 24.3 Å². The number of para-hydroxylation sites is 1. The van der Waals surface area contributed by atoms with Crippen molar-refractivity contribution in [1.29, 1.82) is 0 Å². The molecule has 0 spiro atoms. The van der Waals surface area contributed by atoms with E-state index in [4.69, 9.17) is 16.3 Å². The third-order valence-corrected chi connectivity index (χ3v) is 7.30. The molecule has 3 rings (SSSR count). The third kappa shape index (κ3) is 5.14. The van der Waals surface area contributed by atoms with Gasteiger partial charge in [-0.15, -0.1) is 0 Å². The van der Waals surface area contributed by atoms with E-state index < -0.39 is 16.1 Å². The molecular formula is C22H27ClN2O4S. The second-order valence-electron chi connectivity index (χ2n) is 7.56. The van der Waals surface area contributed by atoms with E-state index in [0.717, 1.165) is 11.3 Å². The van der Waals surface area contributed by atoms with Crippen LogP contribution in [0.25, 0.3) is 0 Å². The van der Waals surface area contributed by atoms with Crippen LogP contribution in [0.4, 0.5) is 0 Å². The molecule has 0 unspecified atom stereocenters. The summed E-state index contributed by atoms with van der Waals surface area (Å²) in [5.74, 6) is 0.834. The molecular weight excluding hydrogens is 424 g/mol. The van der Waals surface area contributed by atoms with Crippen molar-refractivity contribution in [2.45, 2.75) is 43.5 Å². The van der Waals surface area contributed by atoms with Crippen LogP contribution in [0.2, 0.25) is 5.02 Å². The standard InChI is InChI=1S/C22H27ClN2O4S/c1-16(2)19-6-3-4-8-21(19)29-15-13-24-22(26)20-7-5-14-25(20)30(27,28)18-11-9-17(23)10-12-18/h3-4,6,8-12,16,20H,5,7,13-15H2,1-2H3,(H,24,26)/t20-/m0/s1. The fourth-order valence-corrected chi connectivity index (χ4v) is 5.36. The molecule has 30 heavy (non-hydrogen) atoms. The van der Waals surface area contributed by atoms with Crippen molar-refractivity contribution < 1.29 is 17.9 Å². The van der Waals surface area contributed by atoms with Crippen molar-refractivity contribution in [3.05, 3.63) is 59.1 Å². The molecule has 0 saturated carbocycles. The average Bonchev–Trinajstić information content (AvgIpc) is 3.22. The largest absolute Gasteiger partial charge is 0.491 e. The van der Waals surface area contributed by atoms with Gasteiger partial charge in [0.15, 0.2) is 0 Å². The van der Waals surface area contributed by atoms with Crippen LogP contribution in [-0.2, 0) is 14.8 Å². The normalized spacial score (nSPS) is 17.3. The lowest BCUT2D eigenvalue weighted by molar-refractivity contribution is -0.124. The monoisotopic (exact) mass is 450 g/mol. The molecule has 2 aromatic rings. The molecule has 162 valence electrons. The van der Waals surface area contributed by atoms with E-state index in [1.54, 1.807) is 0 Å². The first-order valence-corrected chi connectivity index (χ1v) is 11.9. The van der Waals surface area contributed by atoms with E-state index in [0.29, 0.717) is 43.5 Å². The molecule has 1 atom stereocenters. The summed E-state index contributed by atoms with van der Waals surface area (Å²) in [7, 11) is -3.76. The summed E-state index contributed by atoms with van der Waals surface area (Å²) < 4.78 is 33.0. The Hall–Kier alpha value is -2.09. The molecule has 0 aliphatic carbocycles. The number of halogens is 1. The molecule has 8 heteroatoms. The quantitative estimate of drug-likeness (QED) is 0.620. The van der Waals surface area contributed by atoms with Crippen molar-refractivity contribution in [2.24, 2.45) is 0 Å². The molecule has 1 amide bonds. The number of sulfonamides is 1. The lowest BCUT2D eigenvalue weighted by atomic mass is 10.0.